The lowest BCUT2D eigenvalue weighted by molar-refractivity contribution is 0.211. The van der Waals surface area contributed by atoms with Gasteiger partial charge in [0.1, 0.15) is 5.75 Å². The third-order valence-electron chi connectivity index (χ3n) is 2.50. The first-order chi connectivity index (χ1) is 8.10. The van der Waals surface area contributed by atoms with Crippen LogP contribution in [0.1, 0.15) is 5.56 Å². The average Bonchev–Trinajstić information content (AvgIpc) is 2.38. The van der Waals surface area contributed by atoms with Crippen LogP contribution >= 0.6 is 19.2 Å². The molecule has 1 heterocycles. The Labute approximate surface area is 105 Å². The van der Waals surface area contributed by atoms with Gasteiger partial charge < -0.3 is 13.8 Å². The molecular weight excluding hydrogens is 263 g/mol. The molecule has 1 unspecified atom stereocenters. The highest BCUT2D eigenvalue weighted by Gasteiger charge is 2.37. The summed E-state index contributed by atoms with van der Waals surface area (Å²) in [5.74, 6) is -0.251. The summed E-state index contributed by atoms with van der Waals surface area (Å²) >= 11 is 6.11. The average molecular weight is 275 g/mol. The fourth-order valence-corrected chi connectivity index (χ4v) is 3.08. The molecular formula is C11H12ClO4P. The van der Waals surface area contributed by atoms with E-state index in [0.29, 0.717) is 10.8 Å². The van der Waals surface area contributed by atoms with Crippen LogP contribution < -0.4 is 4.74 Å². The monoisotopic (exact) mass is 274 g/mol. The third kappa shape index (κ3) is 2.26. The van der Waals surface area contributed by atoms with Crippen molar-refractivity contribution in [2.24, 2.45) is 0 Å². The van der Waals surface area contributed by atoms with Gasteiger partial charge in [-0.3, -0.25) is 4.57 Å². The van der Waals surface area contributed by atoms with E-state index in [1.54, 1.807) is 6.07 Å². The van der Waals surface area contributed by atoms with Gasteiger partial charge in [-0.1, -0.05) is 23.7 Å². The zero-order valence-electron chi connectivity index (χ0n) is 9.42. The van der Waals surface area contributed by atoms with Crippen LogP contribution in [0, 0.1) is 0 Å². The van der Waals surface area contributed by atoms with Crippen molar-refractivity contribution in [3.8, 4) is 5.75 Å². The lowest BCUT2D eigenvalue weighted by atomic mass is 10.1. The van der Waals surface area contributed by atoms with Gasteiger partial charge in [0.05, 0.1) is 5.03 Å². The summed E-state index contributed by atoms with van der Waals surface area (Å²) in [4.78, 5) is 0. The van der Waals surface area contributed by atoms with Crippen LogP contribution in [0.15, 0.2) is 30.3 Å². The number of rotatable bonds is 3. The molecule has 0 saturated carbocycles. The van der Waals surface area contributed by atoms with Crippen LogP contribution in [0.3, 0.4) is 0 Å². The number of ether oxygens (including phenoxy) is 1. The van der Waals surface area contributed by atoms with E-state index in [-0.39, 0.29) is 0 Å². The van der Waals surface area contributed by atoms with Crippen molar-refractivity contribution in [1.29, 1.82) is 0 Å². The molecule has 17 heavy (non-hydrogen) atoms. The molecule has 0 amide bonds. The van der Waals surface area contributed by atoms with E-state index >= 15 is 0 Å². The number of fused-ring (bicyclic) bond motifs is 1. The first kappa shape index (κ1) is 12.7. The number of benzene rings is 1. The van der Waals surface area contributed by atoms with Crippen LogP contribution in [-0.2, 0) is 13.6 Å². The molecule has 0 bridgehead atoms. The fourth-order valence-electron chi connectivity index (χ4n) is 1.58. The second-order valence-corrected chi connectivity index (χ2v) is 6.15. The summed E-state index contributed by atoms with van der Waals surface area (Å²) in [6.07, 6.45) is 1.54. The Morgan fingerprint density at radius 2 is 1.94 bits per heavy atom. The number of hydrogen-bond acceptors (Lipinski definition) is 4. The molecule has 4 nitrogen and oxygen atoms in total. The molecule has 1 aliphatic rings. The molecule has 2 rings (SSSR count). The minimum atomic E-state index is -3.33. The van der Waals surface area contributed by atoms with Gasteiger partial charge in [-0.15, -0.1) is 0 Å². The quantitative estimate of drug-likeness (QED) is 0.792. The first-order valence-electron chi connectivity index (χ1n) is 4.95. The topological polar surface area (TPSA) is 44.8 Å². The zero-order valence-corrected chi connectivity index (χ0v) is 11.1. The first-order valence-corrected chi connectivity index (χ1v) is 6.94. The predicted molar refractivity (Wildman–Crippen MR) is 66.3 cm³/mol. The molecule has 0 aromatic heterocycles. The maximum Gasteiger partial charge on any atom is 0.374 e. The Bertz CT molecular complexity index is 492. The molecule has 0 radical (unpaired) electrons. The summed E-state index contributed by atoms with van der Waals surface area (Å²) in [5.41, 5.74) is 0.768. The number of halogens is 1. The van der Waals surface area contributed by atoms with E-state index in [0.717, 1.165) is 5.56 Å². The van der Waals surface area contributed by atoms with Crippen molar-refractivity contribution < 1.29 is 18.3 Å². The van der Waals surface area contributed by atoms with E-state index in [2.05, 4.69) is 0 Å². The van der Waals surface area contributed by atoms with Gasteiger partial charge in [0, 0.05) is 19.8 Å². The summed E-state index contributed by atoms with van der Waals surface area (Å²) in [6.45, 7) is 0. The normalized spacial score (nSPS) is 19.2. The van der Waals surface area contributed by atoms with Gasteiger partial charge >= 0.3 is 7.60 Å². The molecule has 1 atom stereocenters. The van der Waals surface area contributed by atoms with E-state index < -0.39 is 13.4 Å². The fraction of sp³-hybridized carbons (Fsp3) is 0.273. The smallest absolute Gasteiger partial charge is 0.374 e. The molecule has 1 aromatic carbocycles. The molecule has 92 valence electrons. The standard InChI is InChI=1S/C11H12ClO4P/c1-14-17(13,15-2)11-7-9(12)8-5-3-4-6-10(8)16-11/h3-7,11H,1-2H3. The van der Waals surface area contributed by atoms with Crippen molar-refractivity contribution in [2.75, 3.05) is 14.2 Å². The third-order valence-corrected chi connectivity index (χ3v) is 4.73. The highest BCUT2D eigenvalue weighted by molar-refractivity contribution is 7.54. The zero-order chi connectivity index (χ0) is 12.5. The summed E-state index contributed by atoms with van der Waals surface area (Å²) in [5, 5.41) is 0.478. The van der Waals surface area contributed by atoms with E-state index in [1.165, 1.54) is 20.3 Å². The van der Waals surface area contributed by atoms with Crippen LogP contribution in [-0.4, -0.2) is 20.1 Å². The minimum Gasteiger partial charge on any atom is -0.473 e. The summed E-state index contributed by atoms with van der Waals surface area (Å²) in [7, 11) is -0.702. The highest BCUT2D eigenvalue weighted by atomic mass is 35.5. The SMILES string of the molecule is COP(=O)(OC)C1C=C(Cl)c2ccccc2O1. The Kier molecular flexibility index (Phi) is 3.59. The number of para-hydroxylation sites is 1. The highest BCUT2D eigenvalue weighted by Crippen LogP contribution is 2.55. The molecule has 1 aliphatic heterocycles. The van der Waals surface area contributed by atoms with Crippen molar-refractivity contribution >= 4 is 24.2 Å². The lowest BCUT2D eigenvalue weighted by Gasteiger charge is -2.27. The Morgan fingerprint density at radius 1 is 1.29 bits per heavy atom. The lowest BCUT2D eigenvalue weighted by Crippen LogP contribution is -2.20. The van der Waals surface area contributed by atoms with E-state index in [4.69, 9.17) is 25.4 Å². The molecule has 0 aliphatic carbocycles. The second kappa shape index (κ2) is 4.83. The summed E-state index contributed by atoms with van der Waals surface area (Å²) in [6, 6.07) is 7.25. The van der Waals surface area contributed by atoms with Crippen LogP contribution in [0.2, 0.25) is 0 Å². The predicted octanol–water partition coefficient (Wildman–Crippen LogP) is 3.47. The minimum absolute atomic E-state index is 0.478. The van der Waals surface area contributed by atoms with Gasteiger partial charge in [0.15, 0.2) is 0 Å². The molecule has 1 aromatic rings. The van der Waals surface area contributed by atoms with Crippen molar-refractivity contribution in [3.05, 3.63) is 35.9 Å². The number of hydrogen-bond donors (Lipinski definition) is 0. The summed E-state index contributed by atoms with van der Waals surface area (Å²) < 4.78 is 27.6. The van der Waals surface area contributed by atoms with Gasteiger partial charge in [0.2, 0.25) is 5.85 Å². The van der Waals surface area contributed by atoms with Crippen molar-refractivity contribution in [2.45, 2.75) is 5.85 Å². The van der Waals surface area contributed by atoms with Gasteiger partial charge in [-0.25, -0.2) is 0 Å². The van der Waals surface area contributed by atoms with Gasteiger partial charge in [-0.2, -0.15) is 0 Å². The molecule has 0 spiro atoms. The molecule has 0 saturated heterocycles. The molecule has 0 fully saturated rings. The molecule has 6 heteroatoms. The Morgan fingerprint density at radius 3 is 2.59 bits per heavy atom. The van der Waals surface area contributed by atoms with Crippen molar-refractivity contribution in [3.63, 3.8) is 0 Å². The van der Waals surface area contributed by atoms with Gasteiger partial charge in [-0.05, 0) is 18.2 Å². The van der Waals surface area contributed by atoms with Crippen LogP contribution in [0.4, 0.5) is 0 Å². The van der Waals surface area contributed by atoms with Crippen LogP contribution in [0.25, 0.3) is 5.03 Å². The molecule has 0 N–H and O–H groups in total. The second-order valence-electron chi connectivity index (χ2n) is 3.42. The van der Waals surface area contributed by atoms with E-state index in [9.17, 15) is 4.57 Å². The maximum absolute atomic E-state index is 12.2. The Hall–Kier alpha value is -0.800. The van der Waals surface area contributed by atoms with Crippen molar-refractivity contribution in [1.82, 2.24) is 0 Å². The van der Waals surface area contributed by atoms with E-state index in [1.807, 2.05) is 18.2 Å². The maximum atomic E-state index is 12.2. The Balaban J connectivity index is 2.40. The van der Waals surface area contributed by atoms with Crippen LogP contribution in [0.5, 0.6) is 5.75 Å². The van der Waals surface area contributed by atoms with Gasteiger partial charge in [0.25, 0.3) is 0 Å². The largest absolute Gasteiger partial charge is 0.473 e.